The van der Waals surface area contributed by atoms with Gasteiger partial charge in [-0.3, -0.25) is 0 Å². The summed E-state index contributed by atoms with van der Waals surface area (Å²) in [7, 11) is 1.73. The molecule has 1 aliphatic rings. The molecule has 3 aromatic carbocycles. The summed E-state index contributed by atoms with van der Waals surface area (Å²) in [6.45, 7) is 3.65. The van der Waals surface area contributed by atoms with Gasteiger partial charge in [0.15, 0.2) is 0 Å². The van der Waals surface area contributed by atoms with Crippen LogP contribution < -0.4 is 15.4 Å². The van der Waals surface area contributed by atoms with E-state index in [1.54, 1.807) is 7.11 Å². The van der Waals surface area contributed by atoms with Crippen LogP contribution in [0.25, 0.3) is 21.8 Å². The van der Waals surface area contributed by atoms with Crippen LogP contribution in [0.15, 0.2) is 91.1 Å². The second kappa shape index (κ2) is 11.5. The zero-order chi connectivity index (χ0) is 26.5. The minimum absolute atomic E-state index is 0.210. The Bertz CT molecular complexity index is 1540. The number of hydrogen-bond donors (Lipinski definition) is 2. The first-order valence-corrected chi connectivity index (χ1v) is 14.2. The molecule has 0 bridgehead atoms. The number of rotatable bonds is 10. The fourth-order valence-electron chi connectivity index (χ4n) is 6.24. The van der Waals surface area contributed by atoms with E-state index >= 15 is 0 Å². The predicted octanol–water partition coefficient (Wildman–Crippen LogP) is 7.40. The van der Waals surface area contributed by atoms with E-state index in [-0.39, 0.29) is 5.41 Å². The number of ether oxygens (including phenoxy) is 1. The highest BCUT2D eigenvalue weighted by Gasteiger charge is 2.32. The van der Waals surface area contributed by atoms with Gasteiger partial charge < -0.3 is 19.9 Å². The number of nitrogens with zero attached hydrogens (tertiary/aromatic N) is 2. The number of fused-ring (bicyclic) bond motifs is 2. The van der Waals surface area contributed by atoms with Crippen molar-refractivity contribution in [3.8, 4) is 5.75 Å². The Morgan fingerprint density at radius 2 is 1.59 bits per heavy atom. The highest BCUT2D eigenvalue weighted by molar-refractivity contribution is 5.87. The zero-order valence-corrected chi connectivity index (χ0v) is 22.8. The molecule has 1 saturated carbocycles. The average molecular weight is 519 g/mol. The molecule has 0 unspecified atom stereocenters. The van der Waals surface area contributed by atoms with E-state index in [1.807, 2.05) is 18.2 Å². The monoisotopic (exact) mass is 518 g/mol. The van der Waals surface area contributed by atoms with Crippen molar-refractivity contribution in [1.82, 2.24) is 14.9 Å². The number of anilines is 1. The van der Waals surface area contributed by atoms with Gasteiger partial charge in [-0.05, 0) is 42.2 Å². The number of para-hydroxylation sites is 2. The van der Waals surface area contributed by atoms with Gasteiger partial charge in [-0.1, -0.05) is 79.9 Å². The summed E-state index contributed by atoms with van der Waals surface area (Å²) in [4.78, 5) is 4.88. The van der Waals surface area contributed by atoms with Crippen LogP contribution in [0.2, 0.25) is 0 Å². The second-order valence-corrected chi connectivity index (χ2v) is 11.0. The molecule has 0 saturated heterocycles. The van der Waals surface area contributed by atoms with Crippen LogP contribution in [0.3, 0.4) is 0 Å². The van der Waals surface area contributed by atoms with E-state index in [9.17, 15) is 0 Å². The quantitative estimate of drug-likeness (QED) is 0.202. The lowest BCUT2D eigenvalue weighted by atomic mass is 9.74. The standard InChI is InChI=1S/C34H38N4O/c1-39-32-20-33(37-30-16-8-6-15-29(30)32)36-25-34(18-10-3-11-19-34)24-35-21-27-23-38(22-26-12-4-2-5-13-26)31-17-9-7-14-28(27)31/h2,4-9,12-17,20,23,35H,3,10-11,18-19,21-22,24-25H2,1H3,(H,36,37). The van der Waals surface area contributed by atoms with Crippen molar-refractivity contribution in [2.75, 3.05) is 25.5 Å². The molecule has 5 aromatic rings. The Kier molecular flexibility index (Phi) is 7.51. The Morgan fingerprint density at radius 3 is 2.41 bits per heavy atom. The van der Waals surface area contributed by atoms with E-state index in [2.05, 4.69) is 88.1 Å². The molecular weight excluding hydrogens is 480 g/mol. The summed E-state index contributed by atoms with van der Waals surface area (Å²) >= 11 is 0. The molecule has 1 aliphatic carbocycles. The first-order valence-electron chi connectivity index (χ1n) is 14.2. The van der Waals surface area contributed by atoms with E-state index < -0.39 is 0 Å². The van der Waals surface area contributed by atoms with Crippen molar-refractivity contribution in [1.29, 1.82) is 0 Å². The van der Waals surface area contributed by atoms with Crippen molar-refractivity contribution in [2.24, 2.45) is 5.41 Å². The topological polar surface area (TPSA) is 51.1 Å². The van der Waals surface area contributed by atoms with E-state index in [0.29, 0.717) is 0 Å². The molecule has 39 heavy (non-hydrogen) atoms. The van der Waals surface area contributed by atoms with Crippen molar-refractivity contribution in [3.05, 3.63) is 102 Å². The smallest absolute Gasteiger partial charge is 0.131 e. The summed E-state index contributed by atoms with van der Waals surface area (Å²) < 4.78 is 8.07. The van der Waals surface area contributed by atoms with Gasteiger partial charge in [0.2, 0.25) is 0 Å². The fraction of sp³-hybridized carbons (Fsp3) is 0.324. The lowest BCUT2D eigenvalue weighted by Crippen LogP contribution is -2.41. The van der Waals surface area contributed by atoms with Gasteiger partial charge in [0.1, 0.15) is 11.6 Å². The predicted molar refractivity (Wildman–Crippen MR) is 161 cm³/mol. The van der Waals surface area contributed by atoms with Crippen LogP contribution >= 0.6 is 0 Å². The molecule has 0 radical (unpaired) electrons. The molecule has 2 N–H and O–H groups in total. The summed E-state index contributed by atoms with van der Waals surface area (Å²) in [5.41, 5.74) is 5.15. The third kappa shape index (κ3) is 5.64. The Hall–Kier alpha value is -3.83. The summed E-state index contributed by atoms with van der Waals surface area (Å²) in [5, 5.41) is 9.95. The molecule has 6 rings (SSSR count). The van der Waals surface area contributed by atoms with Crippen molar-refractivity contribution < 1.29 is 4.74 Å². The number of pyridine rings is 1. The van der Waals surface area contributed by atoms with E-state index in [0.717, 1.165) is 48.6 Å². The highest BCUT2D eigenvalue weighted by atomic mass is 16.5. The maximum Gasteiger partial charge on any atom is 0.131 e. The second-order valence-electron chi connectivity index (χ2n) is 11.0. The molecule has 1 fully saturated rings. The Balaban J connectivity index is 1.16. The molecule has 2 aromatic heterocycles. The van der Waals surface area contributed by atoms with Gasteiger partial charge in [0.05, 0.1) is 12.6 Å². The number of nitrogens with one attached hydrogen (secondary N) is 2. The van der Waals surface area contributed by atoms with Crippen LogP contribution in [0, 0.1) is 5.41 Å². The number of benzene rings is 3. The summed E-state index contributed by atoms with van der Waals surface area (Å²) in [6.07, 6.45) is 8.70. The van der Waals surface area contributed by atoms with Crippen LogP contribution in [0.1, 0.15) is 43.2 Å². The van der Waals surface area contributed by atoms with Crippen molar-refractivity contribution in [3.63, 3.8) is 0 Å². The maximum atomic E-state index is 5.68. The normalized spacial score (nSPS) is 15.0. The molecule has 2 heterocycles. The Labute approximate surface area is 231 Å². The van der Waals surface area contributed by atoms with Gasteiger partial charge in [0, 0.05) is 60.1 Å². The van der Waals surface area contributed by atoms with Gasteiger partial charge in [-0.2, -0.15) is 0 Å². The van der Waals surface area contributed by atoms with Gasteiger partial charge in [-0.15, -0.1) is 0 Å². The van der Waals surface area contributed by atoms with E-state index in [4.69, 9.17) is 9.72 Å². The Morgan fingerprint density at radius 1 is 0.846 bits per heavy atom. The number of methoxy groups -OCH3 is 1. The van der Waals surface area contributed by atoms with E-state index in [1.165, 1.54) is 54.1 Å². The first-order chi connectivity index (χ1) is 19.2. The molecule has 5 heteroatoms. The van der Waals surface area contributed by atoms with Crippen LogP contribution in [0.5, 0.6) is 5.75 Å². The third-order valence-corrected chi connectivity index (χ3v) is 8.34. The minimum Gasteiger partial charge on any atom is -0.496 e. The molecule has 200 valence electrons. The van der Waals surface area contributed by atoms with Crippen molar-refractivity contribution >= 4 is 27.6 Å². The third-order valence-electron chi connectivity index (χ3n) is 8.34. The van der Waals surface area contributed by atoms with Gasteiger partial charge in [-0.25, -0.2) is 4.98 Å². The number of aromatic nitrogens is 2. The molecule has 0 aliphatic heterocycles. The highest BCUT2D eigenvalue weighted by Crippen LogP contribution is 2.37. The minimum atomic E-state index is 0.210. The SMILES string of the molecule is COc1cc(NCC2(CNCc3cn(Cc4ccccc4)c4ccccc34)CCCCC2)nc2ccccc12. The summed E-state index contributed by atoms with van der Waals surface area (Å²) in [5.74, 6) is 1.75. The van der Waals surface area contributed by atoms with Gasteiger partial charge in [0.25, 0.3) is 0 Å². The number of hydrogen-bond acceptors (Lipinski definition) is 4. The summed E-state index contributed by atoms with van der Waals surface area (Å²) in [6, 6.07) is 29.7. The first kappa shape index (κ1) is 25.4. The van der Waals surface area contributed by atoms with Crippen LogP contribution in [-0.4, -0.2) is 29.8 Å². The van der Waals surface area contributed by atoms with Crippen molar-refractivity contribution in [2.45, 2.75) is 45.2 Å². The maximum absolute atomic E-state index is 5.68. The average Bonchev–Trinajstić information content (AvgIpc) is 3.33. The lowest BCUT2D eigenvalue weighted by molar-refractivity contribution is 0.197. The largest absolute Gasteiger partial charge is 0.496 e. The lowest BCUT2D eigenvalue weighted by Gasteiger charge is -2.38. The molecule has 0 amide bonds. The molecular formula is C34H38N4O. The van der Waals surface area contributed by atoms with Gasteiger partial charge >= 0.3 is 0 Å². The van der Waals surface area contributed by atoms with Crippen LogP contribution in [-0.2, 0) is 13.1 Å². The van der Waals surface area contributed by atoms with Crippen LogP contribution in [0.4, 0.5) is 5.82 Å². The molecule has 5 nitrogen and oxygen atoms in total. The zero-order valence-electron chi connectivity index (χ0n) is 22.8. The molecule has 0 atom stereocenters. The fourth-order valence-corrected chi connectivity index (χ4v) is 6.24. The molecule has 0 spiro atoms.